The molecule has 0 saturated carbocycles. The Labute approximate surface area is 111 Å². The van der Waals surface area contributed by atoms with Crippen LogP contribution in [0.3, 0.4) is 0 Å². The van der Waals surface area contributed by atoms with Gasteiger partial charge in [0, 0.05) is 12.6 Å². The van der Waals surface area contributed by atoms with Crippen molar-refractivity contribution in [1.82, 2.24) is 5.32 Å². The summed E-state index contributed by atoms with van der Waals surface area (Å²) in [4.78, 5) is 0. The molecule has 1 aromatic carbocycles. The van der Waals surface area contributed by atoms with Crippen molar-refractivity contribution in [2.24, 2.45) is 5.92 Å². The van der Waals surface area contributed by atoms with Crippen molar-refractivity contribution in [2.75, 3.05) is 6.54 Å². The molecular weight excluding hydrogens is 220 g/mol. The quantitative estimate of drug-likeness (QED) is 0.793. The molecule has 2 unspecified atom stereocenters. The highest BCUT2D eigenvalue weighted by Gasteiger charge is 2.16. The second-order valence-electron chi connectivity index (χ2n) is 5.14. The lowest BCUT2D eigenvalue weighted by Crippen LogP contribution is -2.33. The number of hydrogen-bond acceptors (Lipinski definition) is 2. The summed E-state index contributed by atoms with van der Waals surface area (Å²) in [5.41, 5.74) is 1.38. The van der Waals surface area contributed by atoms with Crippen LogP contribution in [0.2, 0.25) is 0 Å². The predicted molar refractivity (Wildman–Crippen MR) is 76.3 cm³/mol. The average Bonchev–Trinajstić information content (AvgIpc) is 2.38. The van der Waals surface area contributed by atoms with Crippen molar-refractivity contribution in [2.45, 2.75) is 45.6 Å². The molecule has 0 aliphatic heterocycles. The van der Waals surface area contributed by atoms with Crippen LogP contribution in [-0.2, 0) is 0 Å². The van der Waals surface area contributed by atoms with Crippen LogP contribution >= 0.6 is 0 Å². The molecule has 0 aromatic heterocycles. The van der Waals surface area contributed by atoms with Gasteiger partial charge < -0.3 is 5.32 Å². The van der Waals surface area contributed by atoms with E-state index in [9.17, 15) is 0 Å². The smallest absolute Gasteiger partial charge is 0.0638 e. The van der Waals surface area contributed by atoms with Crippen molar-refractivity contribution >= 4 is 0 Å². The summed E-state index contributed by atoms with van der Waals surface area (Å²) in [6.07, 6.45) is 1.60. The monoisotopic (exact) mass is 244 g/mol. The minimum atomic E-state index is 0.319. The molecule has 0 saturated heterocycles. The molecule has 2 nitrogen and oxygen atoms in total. The van der Waals surface area contributed by atoms with E-state index in [0.29, 0.717) is 24.3 Å². The van der Waals surface area contributed by atoms with Crippen LogP contribution in [0, 0.1) is 17.2 Å². The fraction of sp³-hybridized carbons (Fsp3) is 0.562. The summed E-state index contributed by atoms with van der Waals surface area (Å²) in [6, 6.07) is 13.2. The van der Waals surface area contributed by atoms with Crippen LogP contribution in [0.4, 0.5) is 0 Å². The fourth-order valence-corrected chi connectivity index (χ4v) is 2.20. The molecule has 0 radical (unpaired) electrons. The van der Waals surface area contributed by atoms with E-state index in [2.05, 4.69) is 62.5 Å². The van der Waals surface area contributed by atoms with Crippen molar-refractivity contribution in [3.8, 4) is 6.07 Å². The first kappa shape index (κ1) is 14.7. The zero-order chi connectivity index (χ0) is 13.4. The molecule has 1 aromatic rings. The predicted octanol–water partition coefficient (Wildman–Crippen LogP) is 3.71. The van der Waals surface area contributed by atoms with Crippen LogP contribution in [0.15, 0.2) is 30.3 Å². The van der Waals surface area contributed by atoms with E-state index in [-0.39, 0.29) is 0 Å². The zero-order valence-electron chi connectivity index (χ0n) is 11.7. The Kier molecular flexibility index (Phi) is 6.46. The maximum Gasteiger partial charge on any atom is 0.0638 e. The van der Waals surface area contributed by atoms with E-state index < -0.39 is 0 Å². The molecule has 0 aliphatic rings. The Bertz CT molecular complexity index is 364. The molecule has 0 fully saturated rings. The van der Waals surface area contributed by atoms with Gasteiger partial charge in [0.2, 0.25) is 0 Å². The maximum absolute atomic E-state index is 8.77. The van der Waals surface area contributed by atoms with Gasteiger partial charge in [0.15, 0.2) is 0 Å². The summed E-state index contributed by atoms with van der Waals surface area (Å²) in [7, 11) is 0. The number of rotatable bonds is 7. The Morgan fingerprint density at radius 3 is 2.39 bits per heavy atom. The number of hydrogen-bond donors (Lipinski definition) is 1. The minimum Gasteiger partial charge on any atom is -0.312 e. The molecule has 98 valence electrons. The average molecular weight is 244 g/mol. The standard InChI is InChI=1S/C16H24N2/c1-4-15(10-11-17)18-12-16(13(2)3)14-8-6-5-7-9-14/h5-9,13,15-16,18H,4,10,12H2,1-3H3. The van der Waals surface area contributed by atoms with E-state index in [0.717, 1.165) is 13.0 Å². The first-order valence-corrected chi connectivity index (χ1v) is 6.84. The first-order valence-electron chi connectivity index (χ1n) is 6.84. The van der Waals surface area contributed by atoms with E-state index in [1.807, 2.05) is 0 Å². The highest BCUT2D eigenvalue weighted by molar-refractivity contribution is 5.20. The van der Waals surface area contributed by atoms with Gasteiger partial charge in [-0.1, -0.05) is 51.1 Å². The Balaban J connectivity index is 2.62. The van der Waals surface area contributed by atoms with Crippen LogP contribution in [-0.4, -0.2) is 12.6 Å². The Morgan fingerprint density at radius 1 is 1.22 bits per heavy atom. The summed E-state index contributed by atoms with van der Waals surface area (Å²) < 4.78 is 0. The summed E-state index contributed by atoms with van der Waals surface area (Å²) in [5, 5.41) is 12.3. The summed E-state index contributed by atoms with van der Waals surface area (Å²) >= 11 is 0. The molecule has 0 spiro atoms. The summed E-state index contributed by atoms with van der Waals surface area (Å²) in [6.45, 7) is 7.58. The lowest BCUT2D eigenvalue weighted by Gasteiger charge is -2.24. The number of nitrogens with one attached hydrogen (secondary N) is 1. The third-order valence-electron chi connectivity index (χ3n) is 3.49. The van der Waals surface area contributed by atoms with Crippen molar-refractivity contribution in [1.29, 1.82) is 5.26 Å². The van der Waals surface area contributed by atoms with Gasteiger partial charge in [-0.2, -0.15) is 5.26 Å². The van der Waals surface area contributed by atoms with Crippen molar-refractivity contribution < 1.29 is 0 Å². The number of nitriles is 1. The van der Waals surface area contributed by atoms with Gasteiger partial charge in [0.1, 0.15) is 0 Å². The molecule has 0 bridgehead atoms. The normalized spacial score (nSPS) is 14.2. The van der Waals surface area contributed by atoms with Crippen molar-refractivity contribution in [3.63, 3.8) is 0 Å². The van der Waals surface area contributed by atoms with Crippen LogP contribution < -0.4 is 5.32 Å². The molecular formula is C16H24N2. The second kappa shape index (κ2) is 7.89. The minimum absolute atomic E-state index is 0.319. The number of benzene rings is 1. The topological polar surface area (TPSA) is 35.8 Å². The molecule has 18 heavy (non-hydrogen) atoms. The van der Waals surface area contributed by atoms with E-state index in [1.165, 1.54) is 5.56 Å². The first-order chi connectivity index (χ1) is 8.69. The molecule has 2 heteroatoms. The van der Waals surface area contributed by atoms with Gasteiger partial charge >= 0.3 is 0 Å². The molecule has 0 amide bonds. The van der Waals surface area contributed by atoms with Gasteiger partial charge in [0.05, 0.1) is 12.5 Å². The maximum atomic E-state index is 8.77. The summed E-state index contributed by atoms with van der Waals surface area (Å²) in [5.74, 6) is 1.11. The van der Waals surface area contributed by atoms with Gasteiger partial charge in [-0.05, 0) is 23.8 Å². The van der Waals surface area contributed by atoms with E-state index in [4.69, 9.17) is 5.26 Å². The van der Waals surface area contributed by atoms with Crippen LogP contribution in [0.1, 0.15) is 45.1 Å². The molecule has 1 rings (SSSR count). The van der Waals surface area contributed by atoms with Crippen LogP contribution in [0.5, 0.6) is 0 Å². The lowest BCUT2D eigenvalue weighted by atomic mass is 9.88. The number of nitrogens with zero attached hydrogens (tertiary/aromatic N) is 1. The van der Waals surface area contributed by atoms with Gasteiger partial charge in [-0.3, -0.25) is 0 Å². The third kappa shape index (κ3) is 4.50. The van der Waals surface area contributed by atoms with E-state index >= 15 is 0 Å². The zero-order valence-corrected chi connectivity index (χ0v) is 11.7. The highest BCUT2D eigenvalue weighted by atomic mass is 14.9. The van der Waals surface area contributed by atoms with Gasteiger partial charge in [-0.25, -0.2) is 0 Å². The van der Waals surface area contributed by atoms with E-state index in [1.54, 1.807) is 0 Å². The molecule has 2 atom stereocenters. The van der Waals surface area contributed by atoms with Gasteiger partial charge in [-0.15, -0.1) is 0 Å². The lowest BCUT2D eigenvalue weighted by molar-refractivity contribution is 0.416. The molecule has 0 aliphatic carbocycles. The highest BCUT2D eigenvalue weighted by Crippen LogP contribution is 2.23. The largest absolute Gasteiger partial charge is 0.312 e. The van der Waals surface area contributed by atoms with Crippen LogP contribution in [0.25, 0.3) is 0 Å². The van der Waals surface area contributed by atoms with Gasteiger partial charge in [0.25, 0.3) is 0 Å². The Hall–Kier alpha value is -1.33. The van der Waals surface area contributed by atoms with Crippen molar-refractivity contribution in [3.05, 3.63) is 35.9 Å². The fourth-order valence-electron chi connectivity index (χ4n) is 2.20. The SMILES string of the molecule is CCC(CC#N)NCC(c1ccccc1)C(C)C. The molecule has 1 N–H and O–H groups in total. The Morgan fingerprint density at radius 2 is 1.89 bits per heavy atom. The second-order valence-corrected chi connectivity index (χ2v) is 5.14. The third-order valence-corrected chi connectivity index (χ3v) is 3.49. The molecule has 0 heterocycles.